The Morgan fingerprint density at radius 2 is 2.07 bits per heavy atom. The lowest BCUT2D eigenvalue weighted by Gasteiger charge is -2.48. The summed E-state index contributed by atoms with van der Waals surface area (Å²) in [6.07, 6.45) is 5.57. The number of amides is 1. The lowest BCUT2D eigenvalue weighted by atomic mass is 9.99. The average Bonchev–Trinajstić information content (AvgIpc) is 3.79. The van der Waals surface area contributed by atoms with Gasteiger partial charge in [-0.2, -0.15) is 5.26 Å². The van der Waals surface area contributed by atoms with Crippen molar-refractivity contribution in [3.05, 3.63) is 77.1 Å². The molecule has 12 heteroatoms. The fraction of sp³-hybridized carbons (Fsp3) is 0.455. The van der Waals surface area contributed by atoms with Crippen LogP contribution in [0.5, 0.6) is 0 Å². The molecule has 0 spiro atoms. The van der Waals surface area contributed by atoms with E-state index in [1.807, 2.05) is 29.3 Å². The van der Waals surface area contributed by atoms with Crippen LogP contribution in [0.3, 0.4) is 0 Å². The molecule has 3 heterocycles. The third-order valence-corrected chi connectivity index (χ3v) is 9.45. The molecule has 0 aromatic heterocycles. The monoisotopic (exact) mass is 637 g/mol. The van der Waals surface area contributed by atoms with Crippen LogP contribution in [0.2, 0.25) is 5.02 Å². The standard InChI is InChI=1S/C33H38ClF2N7O2/c1-21(35)31(44)43-16-15-42(17-23(43)9-13-37)30-24-10-14-41(27-6-4-5-22-7-8-25(36)29(34)28(22)27)18-26(24)38-32(39-30)45-20-33(11-12-33)19-40(2)3/h4-8,10,18,23,30,32,38-39H,1,9,11-12,14-17,19-20H2,2-3H3/t23-,30?,32?/m0/s1. The summed E-state index contributed by atoms with van der Waals surface area (Å²) in [5.74, 6) is -2.28. The Morgan fingerprint density at radius 1 is 1.27 bits per heavy atom. The highest BCUT2D eigenvalue weighted by Gasteiger charge is 2.45. The molecular weight excluding hydrogens is 600 g/mol. The van der Waals surface area contributed by atoms with Gasteiger partial charge in [-0.05, 0) is 44.5 Å². The van der Waals surface area contributed by atoms with Crippen molar-refractivity contribution < 1.29 is 18.3 Å². The van der Waals surface area contributed by atoms with Crippen LogP contribution in [0, 0.1) is 22.6 Å². The van der Waals surface area contributed by atoms with Gasteiger partial charge in [0, 0.05) is 55.3 Å². The van der Waals surface area contributed by atoms with Gasteiger partial charge in [0.2, 0.25) is 0 Å². The quantitative estimate of drug-likeness (QED) is 0.394. The van der Waals surface area contributed by atoms with E-state index >= 15 is 0 Å². The van der Waals surface area contributed by atoms with Crippen molar-refractivity contribution in [2.75, 3.05) is 58.3 Å². The minimum atomic E-state index is -1.03. The largest absolute Gasteiger partial charge is 0.346 e. The third-order valence-electron chi connectivity index (χ3n) is 9.08. The number of ether oxygens (including phenoxy) is 1. The van der Waals surface area contributed by atoms with Crippen molar-refractivity contribution >= 4 is 34.0 Å². The summed E-state index contributed by atoms with van der Waals surface area (Å²) in [6.45, 7) is 6.29. The number of benzene rings is 2. The highest BCUT2D eigenvalue weighted by Crippen LogP contribution is 2.46. The maximum atomic E-state index is 14.6. The number of fused-ring (bicyclic) bond motifs is 2. The number of anilines is 1. The van der Waals surface area contributed by atoms with E-state index in [-0.39, 0.29) is 29.6 Å². The highest BCUT2D eigenvalue weighted by atomic mass is 35.5. The van der Waals surface area contributed by atoms with Crippen LogP contribution in [-0.4, -0.2) is 92.6 Å². The molecular formula is C33H38ClF2N7O2. The highest BCUT2D eigenvalue weighted by molar-refractivity contribution is 6.36. The molecule has 1 amide bonds. The van der Waals surface area contributed by atoms with Crippen LogP contribution in [0.25, 0.3) is 10.8 Å². The van der Waals surface area contributed by atoms with Gasteiger partial charge in [-0.15, -0.1) is 0 Å². The molecule has 2 aromatic carbocycles. The zero-order valence-corrected chi connectivity index (χ0v) is 26.3. The van der Waals surface area contributed by atoms with Crippen LogP contribution < -0.4 is 15.5 Å². The van der Waals surface area contributed by atoms with E-state index in [1.54, 1.807) is 6.07 Å². The number of carbonyl (C=O) groups is 1. The van der Waals surface area contributed by atoms with Gasteiger partial charge in [0.15, 0.2) is 12.2 Å². The molecule has 3 atom stereocenters. The number of nitrogens with zero attached hydrogens (tertiary/aromatic N) is 5. The molecule has 45 heavy (non-hydrogen) atoms. The van der Waals surface area contributed by atoms with E-state index in [1.165, 1.54) is 11.0 Å². The average molecular weight is 638 g/mol. The van der Waals surface area contributed by atoms with E-state index in [0.29, 0.717) is 31.6 Å². The van der Waals surface area contributed by atoms with Crippen molar-refractivity contribution in [2.24, 2.45) is 5.41 Å². The minimum absolute atomic E-state index is 0.0708. The number of carbonyl (C=O) groups excluding carboxylic acids is 1. The fourth-order valence-electron chi connectivity index (χ4n) is 6.75. The molecule has 6 rings (SSSR count). The predicted molar refractivity (Wildman–Crippen MR) is 170 cm³/mol. The van der Waals surface area contributed by atoms with Crippen LogP contribution in [-0.2, 0) is 9.53 Å². The first-order chi connectivity index (χ1) is 21.6. The summed E-state index contributed by atoms with van der Waals surface area (Å²) < 4.78 is 34.9. The summed E-state index contributed by atoms with van der Waals surface area (Å²) in [6, 6.07) is 10.5. The van der Waals surface area contributed by atoms with E-state index < -0.39 is 29.9 Å². The van der Waals surface area contributed by atoms with Crippen molar-refractivity contribution in [3.8, 4) is 6.07 Å². The normalized spacial score (nSPS) is 24.4. The number of hydrogen-bond acceptors (Lipinski definition) is 8. The molecule has 2 saturated heterocycles. The summed E-state index contributed by atoms with van der Waals surface area (Å²) in [5.41, 5.74) is 2.73. The van der Waals surface area contributed by atoms with E-state index in [9.17, 15) is 18.8 Å². The topological polar surface area (TPSA) is 87.1 Å². The van der Waals surface area contributed by atoms with Gasteiger partial charge in [-0.3, -0.25) is 15.0 Å². The predicted octanol–water partition coefficient (Wildman–Crippen LogP) is 4.29. The second-order valence-electron chi connectivity index (χ2n) is 12.6. The molecule has 238 valence electrons. The number of rotatable bonds is 9. The Balaban J connectivity index is 1.30. The van der Waals surface area contributed by atoms with Crippen molar-refractivity contribution in [1.82, 2.24) is 25.3 Å². The second-order valence-corrected chi connectivity index (χ2v) is 13.0. The number of halogens is 3. The van der Waals surface area contributed by atoms with Crippen LogP contribution in [0.4, 0.5) is 14.5 Å². The van der Waals surface area contributed by atoms with E-state index in [4.69, 9.17) is 16.3 Å². The first-order valence-electron chi connectivity index (χ1n) is 15.2. The Kier molecular flexibility index (Phi) is 8.87. The molecule has 9 nitrogen and oxygen atoms in total. The van der Waals surface area contributed by atoms with Crippen LogP contribution >= 0.6 is 11.6 Å². The number of piperazine rings is 1. The number of nitriles is 1. The molecule has 4 aliphatic rings. The van der Waals surface area contributed by atoms with Gasteiger partial charge in [-0.25, -0.2) is 8.78 Å². The van der Waals surface area contributed by atoms with Gasteiger partial charge in [0.1, 0.15) is 5.82 Å². The van der Waals surface area contributed by atoms with E-state index in [0.717, 1.165) is 41.7 Å². The zero-order chi connectivity index (χ0) is 31.9. The molecule has 3 fully saturated rings. The van der Waals surface area contributed by atoms with Crippen molar-refractivity contribution in [1.29, 1.82) is 5.26 Å². The fourth-order valence-corrected chi connectivity index (χ4v) is 7.02. The molecule has 1 saturated carbocycles. The Morgan fingerprint density at radius 3 is 2.78 bits per heavy atom. The second kappa shape index (κ2) is 12.7. The summed E-state index contributed by atoms with van der Waals surface area (Å²) in [5, 5.41) is 18.2. The van der Waals surface area contributed by atoms with Gasteiger partial charge in [0.25, 0.3) is 5.91 Å². The first-order valence-corrected chi connectivity index (χ1v) is 15.6. The van der Waals surface area contributed by atoms with Crippen molar-refractivity contribution in [3.63, 3.8) is 0 Å². The smallest absolute Gasteiger partial charge is 0.282 e. The van der Waals surface area contributed by atoms with E-state index in [2.05, 4.69) is 53.3 Å². The van der Waals surface area contributed by atoms with Crippen LogP contribution in [0.15, 0.2) is 66.3 Å². The van der Waals surface area contributed by atoms with Gasteiger partial charge >= 0.3 is 0 Å². The zero-order valence-electron chi connectivity index (χ0n) is 25.5. The lowest BCUT2D eigenvalue weighted by Crippen LogP contribution is -2.66. The maximum absolute atomic E-state index is 14.6. The molecule has 0 radical (unpaired) electrons. The molecule has 3 aliphatic heterocycles. The Bertz CT molecular complexity index is 1600. The number of nitrogens with one attached hydrogen (secondary N) is 2. The van der Waals surface area contributed by atoms with Crippen LogP contribution in [0.1, 0.15) is 19.3 Å². The summed E-state index contributed by atoms with van der Waals surface area (Å²) >= 11 is 6.48. The molecule has 0 bridgehead atoms. The minimum Gasteiger partial charge on any atom is -0.346 e. The maximum Gasteiger partial charge on any atom is 0.282 e. The molecule has 2 N–H and O–H groups in total. The molecule has 2 aromatic rings. The van der Waals surface area contributed by atoms with Gasteiger partial charge in [-0.1, -0.05) is 42.5 Å². The molecule has 2 unspecified atom stereocenters. The lowest BCUT2D eigenvalue weighted by molar-refractivity contribution is -0.134. The summed E-state index contributed by atoms with van der Waals surface area (Å²) in [7, 11) is 4.13. The Labute approximate surface area is 267 Å². The SMILES string of the molecule is C=C(F)C(=O)N1CCN(C2NC(OCC3(CN(C)C)CC3)NC3=CN(c4cccc5ccc(F)c(Cl)c45)CC=C32)C[C@@H]1CC#N. The first kappa shape index (κ1) is 31.5. The molecule has 1 aliphatic carbocycles. The van der Waals surface area contributed by atoms with Crippen molar-refractivity contribution in [2.45, 2.75) is 37.8 Å². The third kappa shape index (κ3) is 6.44. The summed E-state index contributed by atoms with van der Waals surface area (Å²) in [4.78, 5) is 20.3. The van der Waals surface area contributed by atoms with Gasteiger partial charge in [0.05, 0.1) is 47.7 Å². The Hall–Kier alpha value is -3.53. The van der Waals surface area contributed by atoms with Gasteiger partial charge < -0.3 is 24.8 Å². The number of hydrogen-bond donors (Lipinski definition) is 2.